The molecular weight excluding hydrogens is 256 g/mol. The molecule has 0 aliphatic carbocycles. The molecule has 0 unspecified atom stereocenters. The highest BCUT2D eigenvalue weighted by Gasteiger charge is 2.18. The SMILES string of the molecule is Clc1ccc([C@H]2NCCNCc3ccccc32)cc1. The molecule has 0 aromatic heterocycles. The summed E-state index contributed by atoms with van der Waals surface area (Å²) in [6.07, 6.45) is 0. The van der Waals surface area contributed by atoms with Crippen molar-refractivity contribution < 1.29 is 0 Å². The normalized spacial score (nSPS) is 19.3. The fraction of sp³-hybridized carbons (Fsp3) is 0.250. The third kappa shape index (κ3) is 2.81. The summed E-state index contributed by atoms with van der Waals surface area (Å²) in [5.41, 5.74) is 3.96. The summed E-state index contributed by atoms with van der Waals surface area (Å²) in [7, 11) is 0. The van der Waals surface area contributed by atoms with Crippen LogP contribution in [0, 0.1) is 0 Å². The average molecular weight is 273 g/mol. The first-order valence-corrected chi connectivity index (χ1v) is 7.00. The number of benzene rings is 2. The summed E-state index contributed by atoms with van der Waals surface area (Å²) in [4.78, 5) is 0. The van der Waals surface area contributed by atoms with Gasteiger partial charge in [0.15, 0.2) is 0 Å². The van der Waals surface area contributed by atoms with E-state index in [1.807, 2.05) is 12.1 Å². The molecule has 1 aliphatic rings. The number of fused-ring (bicyclic) bond motifs is 1. The number of hydrogen-bond donors (Lipinski definition) is 2. The Hall–Kier alpha value is -1.35. The van der Waals surface area contributed by atoms with E-state index < -0.39 is 0 Å². The molecule has 0 radical (unpaired) electrons. The van der Waals surface area contributed by atoms with Crippen molar-refractivity contribution in [1.82, 2.24) is 10.6 Å². The van der Waals surface area contributed by atoms with Crippen LogP contribution in [0.5, 0.6) is 0 Å². The minimum Gasteiger partial charge on any atom is -0.311 e. The molecule has 1 aliphatic heterocycles. The molecule has 0 bridgehead atoms. The van der Waals surface area contributed by atoms with Gasteiger partial charge in [0.2, 0.25) is 0 Å². The van der Waals surface area contributed by atoms with Gasteiger partial charge in [-0.15, -0.1) is 0 Å². The van der Waals surface area contributed by atoms with E-state index in [4.69, 9.17) is 11.6 Å². The molecule has 0 saturated carbocycles. The maximum absolute atomic E-state index is 5.98. The number of hydrogen-bond acceptors (Lipinski definition) is 2. The first-order valence-electron chi connectivity index (χ1n) is 6.62. The van der Waals surface area contributed by atoms with E-state index in [-0.39, 0.29) is 6.04 Å². The van der Waals surface area contributed by atoms with E-state index in [1.54, 1.807) is 0 Å². The highest BCUT2D eigenvalue weighted by molar-refractivity contribution is 6.30. The predicted molar refractivity (Wildman–Crippen MR) is 79.4 cm³/mol. The minimum atomic E-state index is 0.246. The maximum atomic E-state index is 5.98. The van der Waals surface area contributed by atoms with Crippen LogP contribution in [0.15, 0.2) is 48.5 Å². The molecule has 98 valence electrons. The second-order valence-electron chi connectivity index (χ2n) is 4.81. The topological polar surface area (TPSA) is 24.1 Å². The Morgan fingerprint density at radius 2 is 1.74 bits per heavy atom. The molecule has 0 spiro atoms. The van der Waals surface area contributed by atoms with Gasteiger partial charge in [-0.05, 0) is 28.8 Å². The summed E-state index contributed by atoms with van der Waals surface area (Å²) < 4.78 is 0. The summed E-state index contributed by atoms with van der Waals surface area (Å²) in [6.45, 7) is 2.88. The minimum absolute atomic E-state index is 0.246. The van der Waals surface area contributed by atoms with E-state index in [9.17, 15) is 0 Å². The number of rotatable bonds is 1. The van der Waals surface area contributed by atoms with Gasteiger partial charge in [0.25, 0.3) is 0 Å². The van der Waals surface area contributed by atoms with E-state index >= 15 is 0 Å². The lowest BCUT2D eigenvalue weighted by atomic mass is 9.93. The maximum Gasteiger partial charge on any atom is 0.0580 e. The summed E-state index contributed by atoms with van der Waals surface area (Å²) >= 11 is 5.98. The van der Waals surface area contributed by atoms with Crippen molar-refractivity contribution in [2.45, 2.75) is 12.6 Å². The van der Waals surface area contributed by atoms with Crippen molar-refractivity contribution in [3.8, 4) is 0 Å². The molecule has 0 amide bonds. The Labute approximate surface area is 118 Å². The fourth-order valence-corrected chi connectivity index (χ4v) is 2.69. The van der Waals surface area contributed by atoms with E-state index in [0.717, 1.165) is 24.7 Å². The summed E-state index contributed by atoms with van der Waals surface area (Å²) in [5, 5.41) is 7.83. The van der Waals surface area contributed by atoms with Gasteiger partial charge in [-0.25, -0.2) is 0 Å². The summed E-state index contributed by atoms with van der Waals surface area (Å²) in [5.74, 6) is 0. The van der Waals surface area contributed by atoms with E-state index in [0.29, 0.717) is 0 Å². The number of halogens is 1. The van der Waals surface area contributed by atoms with Gasteiger partial charge >= 0.3 is 0 Å². The zero-order chi connectivity index (χ0) is 13.1. The molecule has 3 heteroatoms. The molecule has 2 N–H and O–H groups in total. The third-order valence-electron chi connectivity index (χ3n) is 3.54. The smallest absolute Gasteiger partial charge is 0.0580 e. The molecule has 2 aromatic carbocycles. The van der Waals surface area contributed by atoms with E-state index in [2.05, 4.69) is 47.0 Å². The molecule has 19 heavy (non-hydrogen) atoms. The largest absolute Gasteiger partial charge is 0.311 e. The zero-order valence-corrected chi connectivity index (χ0v) is 11.5. The predicted octanol–water partition coefficient (Wildman–Crippen LogP) is 3.12. The Kier molecular flexibility index (Phi) is 3.83. The molecule has 0 saturated heterocycles. The summed E-state index contributed by atoms with van der Waals surface area (Å²) in [6, 6.07) is 17.0. The Morgan fingerprint density at radius 1 is 0.947 bits per heavy atom. The lowest BCUT2D eigenvalue weighted by Crippen LogP contribution is -2.34. The van der Waals surface area contributed by atoms with Gasteiger partial charge in [-0.1, -0.05) is 48.0 Å². The molecule has 1 heterocycles. The lowest BCUT2D eigenvalue weighted by Gasteiger charge is -2.25. The quantitative estimate of drug-likeness (QED) is 0.834. The standard InChI is InChI=1S/C16H17ClN2/c17-14-7-5-12(6-8-14)16-15-4-2-1-3-13(15)11-18-9-10-19-16/h1-8,16,18-19H,9-11H2/t16-/m1/s1. The van der Waals surface area contributed by atoms with Crippen LogP contribution < -0.4 is 10.6 Å². The highest BCUT2D eigenvalue weighted by atomic mass is 35.5. The van der Waals surface area contributed by atoms with Crippen LogP contribution in [0.25, 0.3) is 0 Å². The van der Waals surface area contributed by atoms with Crippen molar-refractivity contribution in [2.24, 2.45) is 0 Å². The van der Waals surface area contributed by atoms with E-state index in [1.165, 1.54) is 16.7 Å². The first-order chi connectivity index (χ1) is 9.34. The molecule has 0 fully saturated rings. The molecule has 1 atom stereocenters. The van der Waals surface area contributed by atoms with Crippen molar-refractivity contribution >= 4 is 11.6 Å². The van der Waals surface area contributed by atoms with Crippen molar-refractivity contribution in [2.75, 3.05) is 13.1 Å². The fourth-order valence-electron chi connectivity index (χ4n) is 2.57. The van der Waals surface area contributed by atoms with Crippen molar-refractivity contribution in [1.29, 1.82) is 0 Å². The van der Waals surface area contributed by atoms with Crippen LogP contribution in [-0.4, -0.2) is 13.1 Å². The molecule has 3 rings (SSSR count). The van der Waals surface area contributed by atoms with Crippen molar-refractivity contribution in [3.05, 3.63) is 70.2 Å². The van der Waals surface area contributed by atoms with Gasteiger partial charge in [0.05, 0.1) is 6.04 Å². The molecule has 2 aromatic rings. The lowest BCUT2D eigenvalue weighted by molar-refractivity contribution is 0.538. The van der Waals surface area contributed by atoms with Gasteiger partial charge in [-0.2, -0.15) is 0 Å². The third-order valence-corrected chi connectivity index (χ3v) is 3.79. The Bertz CT molecular complexity index is 551. The second kappa shape index (κ2) is 5.74. The zero-order valence-electron chi connectivity index (χ0n) is 10.7. The van der Waals surface area contributed by atoms with Crippen LogP contribution in [0.1, 0.15) is 22.7 Å². The first kappa shape index (κ1) is 12.7. The Morgan fingerprint density at radius 3 is 2.58 bits per heavy atom. The monoisotopic (exact) mass is 272 g/mol. The highest BCUT2D eigenvalue weighted by Crippen LogP contribution is 2.26. The van der Waals surface area contributed by atoms with Crippen LogP contribution in [0.3, 0.4) is 0 Å². The molecular formula is C16H17ClN2. The van der Waals surface area contributed by atoms with Crippen LogP contribution in [0.4, 0.5) is 0 Å². The Balaban J connectivity index is 2.02. The van der Waals surface area contributed by atoms with Crippen LogP contribution in [-0.2, 0) is 6.54 Å². The van der Waals surface area contributed by atoms with Crippen LogP contribution in [0.2, 0.25) is 5.02 Å². The second-order valence-corrected chi connectivity index (χ2v) is 5.25. The number of nitrogens with one attached hydrogen (secondary N) is 2. The molecule has 2 nitrogen and oxygen atoms in total. The van der Waals surface area contributed by atoms with Crippen LogP contribution >= 0.6 is 11.6 Å². The van der Waals surface area contributed by atoms with Gasteiger partial charge in [0, 0.05) is 24.7 Å². The van der Waals surface area contributed by atoms with Gasteiger partial charge in [0.1, 0.15) is 0 Å². The average Bonchev–Trinajstić information content (AvgIpc) is 2.42. The van der Waals surface area contributed by atoms with Gasteiger partial charge in [-0.3, -0.25) is 0 Å². The van der Waals surface area contributed by atoms with Gasteiger partial charge < -0.3 is 10.6 Å². The van der Waals surface area contributed by atoms with Crippen molar-refractivity contribution in [3.63, 3.8) is 0 Å².